The average Bonchev–Trinajstić information content (AvgIpc) is 2.98. The molecule has 0 spiro atoms. The molecule has 0 radical (unpaired) electrons. The number of nitrogens with zero attached hydrogens (tertiary/aromatic N) is 2. The Hall–Kier alpha value is -3.11. The number of amides is 2. The van der Waals surface area contributed by atoms with Gasteiger partial charge in [0.2, 0.25) is 0 Å². The number of carbonyl (C=O) groups is 3. The topological polar surface area (TPSA) is 87.5 Å². The number of rotatable bonds is 7. The van der Waals surface area contributed by atoms with E-state index in [1.165, 1.54) is 11.8 Å². The third-order valence-electron chi connectivity index (χ3n) is 4.44. The van der Waals surface area contributed by atoms with Crippen LogP contribution in [-0.2, 0) is 16.1 Å². The van der Waals surface area contributed by atoms with Gasteiger partial charge < -0.3 is 4.74 Å². The Balaban J connectivity index is 1.78. The van der Waals surface area contributed by atoms with Crippen LogP contribution in [-0.4, -0.2) is 40.7 Å². The number of ether oxygens (including phenoxy) is 1. The van der Waals surface area contributed by atoms with Gasteiger partial charge in [-0.2, -0.15) is 17.0 Å². The summed E-state index contributed by atoms with van der Waals surface area (Å²) in [7, 11) is 0. The molecule has 0 saturated heterocycles. The molecule has 0 fully saturated rings. The predicted octanol–water partition coefficient (Wildman–Crippen LogP) is 3.02. The van der Waals surface area contributed by atoms with Crippen LogP contribution in [0.2, 0.25) is 0 Å². The van der Waals surface area contributed by atoms with Crippen molar-refractivity contribution in [3.8, 4) is 6.07 Å². The Morgan fingerprint density at radius 2 is 1.82 bits per heavy atom. The zero-order valence-corrected chi connectivity index (χ0v) is 16.1. The van der Waals surface area contributed by atoms with Gasteiger partial charge in [0.05, 0.1) is 22.8 Å². The van der Waals surface area contributed by atoms with E-state index in [1.807, 2.05) is 12.3 Å². The molecule has 0 aliphatic carbocycles. The van der Waals surface area contributed by atoms with Crippen LogP contribution in [0.25, 0.3) is 0 Å². The van der Waals surface area contributed by atoms with E-state index in [-0.39, 0.29) is 6.61 Å². The maximum absolute atomic E-state index is 12.8. The van der Waals surface area contributed by atoms with Gasteiger partial charge >= 0.3 is 5.97 Å². The molecule has 1 aliphatic heterocycles. The number of hydrogen-bond donors (Lipinski definition) is 0. The lowest BCUT2D eigenvalue weighted by atomic mass is 10.1. The maximum Gasteiger partial charge on any atom is 0.329 e. The SMILES string of the molecule is CSCC[C@@H](C(=O)OCc1cccc(C#N)c1)N1C(=O)c2ccccc2C1=O. The highest BCUT2D eigenvalue weighted by molar-refractivity contribution is 7.98. The van der Waals surface area contributed by atoms with Crippen LogP contribution in [0, 0.1) is 11.3 Å². The van der Waals surface area contributed by atoms with Crippen molar-refractivity contribution in [2.24, 2.45) is 0 Å². The van der Waals surface area contributed by atoms with Gasteiger partial charge in [0.15, 0.2) is 0 Å². The molecule has 0 aromatic heterocycles. The molecule has 6 nitrogen and oxygen atoms in total. The fourth-order valence-electron chi connectivity index (χ4n) is 3.05. The van der Waals surface area contributed by atoms with Crippen LogP contribution in [0.1, 0.15) is 38.3 Å². The molecule has 2 aromatic rings. The summed E-state index contributed by atoms with van der Waals surface area (Å²) >= 11 is 1.52. The average molecular weight is 394 g/mol. The number of fused-ring (bicyclic) bond motifs is 1. The number of esters is 1. The Kier molecular flexibility index (Phi) is 6.12. The summed E-state index contributed by atoms with van der Waals surface area (Å²) in [6, 6.07) is 14.3. The molecule has 2 amide bonds. The predicted molar refractivity (Wildman–Crippen MR) is 105 cm³/mol. The Bertz CT molecular complexity index is 932. The zero-order valence-electron chi connectivity index (χ0n) is 15.3. The number of imide groups is 1. The molecule has 1 atom stereocenters. The maximum atomic E-state index is 12.8. The second-order valence-electron chi connectivity index (χ2n) is 6.24. The molecular formula is C21H18N2O4S. The highest BCUT2D eigenvalue weighted by atomic mass is 32.2. The first kappa shape index (κ1) is 19.6. The van der Waals surface area contributed by atoms with E-state index in [0.29, 0.717) is 34.4 Å². The first-order chi connectivity index (χ1) is 13.6. The number of carbonyl (C=O) groups excluding carboxylic acids is 3. The highest BCUT2D eigenvalue weighted by Gasteiger charge is 2.43. The van der Waals surface area contributed by atoms with Gasteiger partial charge in [-0.25, -0.2) is 4.79 Å². The van der Waals surface area contributed by atoms with Gasteiger partial charge in [0, 0.05) is 0 Å². The normalized spacial score (nSPS) is 13.8. The number of nitriles is 1. The second-order valence-corrected chi connectivity index (χ2v) is 7.23. The molecule has 0 bridgehead atoms. The third-order valence-corrected chi connectivity index (χ3v) is 5.09. The quantitative estimate of drug-likeness (QED) is 0.530. The molecule has 1 aliphatic rings. The lowest BCUT2D eigenvalue weighted by Crippen LogP contribution is -2.46. The molecule has 7 heteroatoms. The molecule has 0 saturated carbocycles. The first-order valence-corrected chi connectivity index (χ1v) is 10.1. The fraction of sp³-hybridized carbons (Fsp3) is 0.238. The van der Waals surface area contributed by atoms with E-state index in [4.69, 9.17) is 10.00 Å². The molecule has 28 heavy (non-hydrogen) atoms. The largest absolute Gasteiger partial charge is 0.459 e. The minimum absolute atomic E-state index is 0.0344. The van der Waals surface area contributed by atoms with Crippen LogP contribution < -0.4 is 0 Å². The lowest BCUT2D eigenvalue weighted by Gasteiger charge is -2.24. The summed E-state index contributed by atoms with van der Waals surface area (Å²) in [5, 5.41) is 8.97. The number of hydrogen-bond acceptors (Lipinski definition) is 6. The van der Waals surface area contributed by atoms with Gasteiger partial charge in [-0.1, -0.05) is 24.3 Å². The number of thioether (sulfide) groups is 1. The smallest absolute Gasteiger partial charge is 0.329 e. The molecular weight excluding hydrogens is 376 g/mol. The minimum Gasteiger partial charge on any atom is -0.459 e. The van der Waals surface area contributed by atoms with E-state index >= 15 is 0 Å². The summed E-state index contributed by atoms with van der Waals surface area (Å²) in [4.78, 5) is 39.2. The summed E-state index contributed by atoms with van der Waals surface area (Å²) < 4.78 is 5.39. The zero-order chi connectivity index (χ0) is 20.1. The molecule has 0 unspecified atom stereocenters. The van der Waals surface area contributed by atoms with Gasteiger partial charge in [0.1, 0.15) is 12.6 Å². The van der Waals surface area contributed by atoms with Gasteiger partial charge in [-0.3, -0.25) is 14.5 Å². The van der Waals surface area contributed by atoms with Gasteiger partial charge in [-0.05, 0) is 48.3 Å². The second kappa shape index (κ2) is 8.72. The van der Waals surface area contributed by atoms with Crippen molar-refractivity contribution in [1.29, 1.82) is 5.26 Å². The summed E-state index contributed by atoms with van der Waals surface area (Å²) in [5.74, 6) is -0.993. The molecule has 1 heterocycles. The van der Waals surface area contributed by atoms with Gasteiger partial charge in [-0.15, -0.1) is 0 Å². The van der Waals surface area contributed by atoms with Crippen molar-refractivity contribution in [3.05, 3.63) is 70.8 Å². The van der Waals surface area contributed by atoms with Crippen molar-refractivity contribution in [2.75, 3.05) is 12.0 Å². The minimum atomic E-state index is -0.987. The number of benzene rings is 2. The standard InChI is InChI=1S/C21H18N2O4S/c1-28-10-9-18(21(26)27-13-15-6-4-5-14(11-15)12-22)23-19(24)16-7-2-3-8-17(16)20(23)25/h2-8,11,18H,9-10,13H2,1H3/t18-/m0/s1. The first-order valence-electron chi connectivity index (χ1n) is 8.68. The van der Waals surface area contributed by atoms with E-state index in [2.05, 4.69) is 0 Å². The molecule has 2 aromatic carbocycles. The van der Waals surface area contributed by atoms with Crippen LogP contribution >= 0.6 is 11.8 Å². The third kappa shape index (κ3) is 3.92. The molecule has 3 rings (SSSR count). The highest BCUT2D eigenvalue weighted by Crippen LogP contribution is 2.26. The Morgan fingerprint density at radius 1 is 1.14 bits per heavy atom. The van der Waals surface area contributed by atoms with Crippen molar-refractivity contribution < 1.29 is 19.1 Å². The Morgan fingerprint density at radius 3 is 2.43 bits per heavy atom. The monoisotopic (exact) mass is 394 g/mol. The molecule has 0 N–H and O–H groups in total. The van der Waals surface area contributed by atoms with Crippen molar-refractivity contribution in [3.63, 3.8) is 0 Å². The van der Waals surface area contributed by atoms with Crippen LogP contribution in [0.15, 0.2) is 48.5 Å². The van der Waals surface area contributed by atoms with Crippen LogP contribution in [0.4, 0.5) is 0 Å². The fourth-order valence-corrected chi connectivity index (χ4v) is 3.51. The van der Waals surface area contributed by atoms with Crippen LogP contribution in [0.3, 0.4) is 0 Å². The Labute approximate surface area is 167 Å². The van der Waals surface area contributed by atoms with Crippen molar-refractivity contribution in [1.82, 2.24) is 4.90 Å². The summed E-state index contributed by atoms with van der Waals surface area (Å²) in [6.07, 6.45) is 2.20. The summed E-state index contributed by atoms with van der Waals surface area (Å²) in [6.45, 7) is -0.0344. The molecule has 142 valence electrons. The van der Waals surface area contributed by atoms with Crippen LogP contribution in [0.5, 0.6) is 0 Å². The van der Waals surface area contributed by atoms with E-state index in [9.17, 15) is 14.4 Å². The van der Waals surface area contributed by atoms with E-state index < -0.39 is 23.8 Å². The lowest BCUT2D eigenvalue weighted by molar-refractivity contribution is -0.149. The van der Waals surface area contributed by atoms with Crippen molar-refractivity contribution in [2.45, 2.75) is 19.1 Å². The van der Waals surface area contributed by atoms with E-state index in [1.54, 1.807) is 48.5 Å². The van der Waals surface area contributed by atoms with Crippen molar-refractivity contribution >= 4 is 29.5 Å². The summed E-state index contributed by atoms with van der Waals surface area (Å²) in [5.41, 5.74) is 1.73. The van der Waals surface area contributed by atoms with Gasteiger partial charge in [0.25, 0.3) is 11.8 Å². The van der Waals surface area contributed by atoms with E-state index in [0.717, 1.165) is 4.90 Å².